The van der Waals surface area contributed by atoms with Crippen molar-refractivity contribution in [3.05, 3.63) is 0 Å². The van der Waals surface area contributed by atoms with E-state index in [-0.39, 0.29) is 11.9 Å². The topological polar surface area (TPSA) is 50.4 Å². The third-order valence-electron chi connectivity index (χ3n) is 3.88. The van der Waals surface area contributed by atoms with E-state index in [1.54, 1.807) is 0 Å². The van der Waals surface area contributed by atoms with Gasteiger partial charge in [0.25, 0.3) is 0 Å². The Balaban J connectivity index is 1.68. The van der Waals surface area contributed by atoms with Gasteiger partial charge in [-0.25, -0.2) is 0 Å². The highest BCUT2D eigenvalue weighted by atomic mass is 16.5. The maximum Gasteiger partial charge on any atom is 0.308 e. The molecule has 2 N–H and O–H groups in total. The molecule has 0 aromatic heterocycles. The van der Waals surface area contributed by atoms with E-state index in [4.69, 9.17) is 4.74 Å². The van der Waals surface area contributed by atoms with Crippen LogP contribution in [-0.2, 0) is 9.53 Å². The summed E-state index contributed by atoms with van der Waals surface area (Å²) in [6, 6.07) is 1.24. The fraction of sp³-hybridized carbons (Fsp3) is 0.923. The van der Waals surface area contributed by atoms with E-state index in [2.05, 4.69) is 10.6 Å². The second-order valence-electron chi connectivity index (χ2n) is 5.16. The van der Waals surface area contributed by atoms with Crippen molar-refractivity contribution in [1.82, 2.24) is 10.6 Å². The van der Waals surface area contributed by atoms with Crippen molar-refractivity contribution >= 4 is 5.97 Å². The van der Waals surface area contributed by atoms with Crippen LogP contribution in [0.2, 0.25) is 0 Å². The van der Waals surface area contributed by atoms with Crippen LogP contribution in [0.1, 0.15) is 39.0 Å². The number of hydrogen-bond acceptors (Lipinski definition) is 4. The molecular formula is C13H24N2O2. The summed E-state index contributed by atoms with van der Waals surface area (Å²) in [4.78, 5) is 11.6. The molecule has 1 unspecified atom stereocenters. The van der Waals surface area contributed by atoms with Gasteiger partial charge in [0, 0.05) is 18.6 Å². The first kappa shape index (κ1) is 12.8. The summed E-state index contributed by atoms with van der Waals surface area (Å²) in [5.74, 6) is 0.156. The molecule has 4 heteroatoms. The lowest BCUT2D eigenvalue weighted by molar-refractivity contribution is -0.149. The first-order chi connectivity index (χ1) is 8.29. The molecule has 1 aliphatic heterocycles. The van der Waals surface area contributed by atoms with Gasteiger partial charge < -0.3 is 15.4 Å². The molecule has 4 nitrogen and oxygen atoms in total. The molecule has 0 spiro atoms. The van der Waals surface area contributed by atoms with E-state index >= 15 is 0 Å². The van der Waals surface area contributed by atoms with Gasteiger partial charge in [-0.3, -0.25) is 4.79 Å². The minimum absolute atomic E-state index is 0.00785. The summed E-state index contributed by atoms with van der Waals surface area (Å²) < 4.78 is 5.08. The standard InChI is InChI=1S/C13H24N2O2/c1-2-17-13(16)10-3-5-11(6-4-10)15-12-7-8-14-9-12/h10-12,14-15H,2-9H2,1H3. The Morgan fingerprint density at radius 1 is 1.24 bits per heavy atom. The molecule has 1 atom stereocenters. The summed E-state index contributed by atoms with van der Waals surface area (Å²) in [5, 5.41) is 7.06. The monoisotopic (exact) mass is 240 g/mol. The van der Waals surface area contributed by atoms with Crippen LogP contribution >= 0.6 is 0 Å². The maximum atomic E-state index is 11.6. The molecule has 2 fully saturated rings. The highest BCUT2D eigenvalue weighted by molar-refractivity contribution is 5.72. The van der Waals surface area contributed by atoms with Gasteiger partial charge in [0.1, 0.15) is 0 Å². The third kappa shape index (κ3) is 3.68. The lowest BCUT2D eigenvalue weighted by Crippen LogP contribution is -2.42. The first-order valence-electron chi connectivity index (χ1n) is 6.93. The van der Waals surface area contributed by atoms with E-state index < -0.39 is 0 Å². The number of rotatable bonds is 4. The highest BCUT2D eigenvalue weighted by Gasteiger charge is 2.28. The zero-order chi connectivity index (χ0) is 12.1. The van der Waals surface area contributed by atoms with Crippen molar-refractivity contribution in [2.24, 2.45) is 5.92 Å². The minimum atomic E-state index is 0.00785. The van der Waals surface area contributed by atoms with Crippen LogP contribution in [0.3, 0.4) is 0 Å². The fourth-order valence-electron chi connectivity index (χ4n) is 2.89. The summed E-state index contributed by atoms with van der Waals surface area (Å²) in [6.45, 7) is 4.61. The summed E-state index contributed by atoms with van der Waals surface area (Å²) >= 11 is 0. The molecule has 1 aliphatic carbocycles. The van der Waals surface area contributed by atoms with Gasteiger partial charge in [-0.15, -0.1) is 0 Å². The Morgan fingerprint density at radius 3 is 2.59 bits per heavy atom. The van der Waals surface area contributed by atoms with Crippen LogP contribution in [0.25, 0.3) is 0 Å². The maximum absolute atomic E-state index is 11.6. The third-order valence-corrected chi connectivity index (χ3v) is 3.88. The second kappa shape index (κ2) is 6.36. The molecule has 1 heterocycles. The van der Waals surface area contributed by atoms with Crippen molar-refractivity contribution in [3.63, 3.8) is 0 Å². The van der Waals surface area contributed by atoms with Crippen LogP contribution in [0.5, 0.6) is 0 Å². The second-order valence-corrected chi connectivity index (χ2v) is 5.16. The van der Waals surface area contributed by atoms with Gasteiger partial charge in [0.2, 0.25) is 0 Å². The normalized spacial score (nSPS) is 33.6. The summed E-state index contributed by atoms with van der Waals surface area (Å²) in [6.07, 6.45) is 5.42. The number of ether oxygens (including phenoxy) is 1. The van der Waals surface area contributed by atoms with Crippen LogP contribution in [0, 0.1) is 5.92 Å². The number of nitrogens with one attached hydrogen (secondary N) is 2. The van der Waals surface area contributed by atoms with Crippen molar-refractivity contribution in [3.8, 4) is 0 Å². The molecule has 0 aromatic rings. The molecule has 98 valence electrons. The number of carbonyl (C=O) groups is 1. The van der Waals surface area contributed by atoms with Gasteiger partial charge in [0.05, 0.1) is 12.5 Å². The molecule has 0 bridgehead atoms. The largest absolute Gasteiger partial charge is 0.466 e. The average molecular weight is 240 g/mol. The smallest absolute Gasteiger partial charge is 0.308 e. The SMILES string of the molecule is CCOC(=O)C1CCC(NC2CCNC2)CC1. The van der Waals surface area contributed by atoms with Crippen molar-refractivity contribution in [2.45, 2.75) is 51.1 Å². The quantitative estimate of drug-likeness (QED) is 0.722. The number of hydrogen-bond donors (Lipinski definition) is 2. The zero-order valence-corrected chi connectivity index (χ0v) is 10.7. The van der Waals surface area contributed by atoms with Crippen LogP contribution < -0.4 is 10.6 Å². The fourth-order valence-corrected chi connectivity index (χ4v) is 2.89. The van der Waals surface area contributed by atoms with E-state index in [0.29, 0.717) is 18.7 Å². The molecule has 1 saturated carbocycles. The van der Waals surface area contributed by atoms with Crippen molar-refractivity contribution < 1.29 is 9.53 Å². The lowest BCUT2D eigenvalue weighted by atomic mass is 9.85. The van der Waals surface area contributed by atoms with Crippen LogP contribution in [-0.4, -0.2) is 37.7 Å². The van der Waals surface area contributed by atoms with E-state index in [1.807, 2.05) is 6.92 Å². The predicted molar refractivity (Wildman–Crippen MR) is 66.8 cm³/mol. The Hall–Kier alpha value is -0.610. The summed E-state index contributed by atoms with van der Waals surface area (Å²) in [5.41, 5.74) is 0. The van der Waals surface area contributed by atoms with Gasteiger partial charge in [0.15, 0.2) is 0 Å². The van der Waals surface area contributed by atoms with Crippen LogP contribution in [0.15, 0.2) is 0 Å². The molecule has 2 aliphatic rings. The Bertz CT molecular complexity index is 244. The van der Waals surface area contributed by atoms with Crippen LogP contribution in [0.4, 0.5) is 0 Å². The minimum Gasteiger partial charge on any atom is -0.466 e. The lowest BCUT2D eigenvalue weighted by Gasteiger charge is -2.29. The number of esters is 1. The highest BCUT2D eigenvalue weighted by Crippen LogP contribution is 2.25. The Morgan fingerprint density at radius 2 is 2.00 bits per heavy atom. The molecule has 0 aromatic carbocycles. The summed E-state index contributed by atoms with van der Waals surface area (Å²) in [7, 11) is 0. The zero-order valence-electron chi connectivity index (χ0n) is 10.7. The van der Waals surface area contributed by atoms with E-state index in [9.17, 15) is 4.79 Å². The molecular weight excluding hydrogens is 216 g/mol. The van der Waals surface area contributed by atoms with Crippen molar-refractivity contribution in [2.75, 3.05) is 19.7 Å². The molecule has 2 rings (SSSR count). The van der Waals surface area contributed by atoms with E-state index in [1.165, 1.54) is 6.42 Å². The number of carbonyl (C=O) groups excluding carboxylic acids is 1. The molecule has 1 saturated heterocycles. The Kier molecular flexibility index (Phi) is 4.80. The van der Waals surface area contributed by atoms with E-state index in [0.717, 1.165) is 38.8 Å². The van der Waals surface area contributed by atoms with Crippen molar-refractivity contribution in [1.29, 1.82) is 0 Å². The predicted octanol–water partition coefficient (Wildman–Crippen LogP) is 1.06. The Labute approximate surface area is 103 Å². The molecule has 0 radical (unpaired) electrons. The average Bonchev–Trinajstić information content (AvgIpc) is 2.83. The van der Waals surface area contributed by atoms with Gasteiger partial charge in [-0.1, -0.05) is 0 Å². The molecule has 0 amide bonds. The van der Waals surface area contributed by atoms with Gasteiger partial charge in [-0.05, 0) is 45.6 Å². The first-order valence-corrected chi connectivity index (χ1v) is 6.93. The molecule has 17 heavy (non-hydrogen) atoms. The van der Waals surface area contributed by atoms with Gasteiger partial charge in [-0.2, -0.15) is 0 Å². The van der Waals surface area contributed by atoms with Gasteiger partial charge >= 0.3 is 5.97 Å².